The number of nitrogens with zero attached hydrogens (tertiary/aromatic N) is 4. The SMILES string of the molecule is COc1ccc2c3c(c(N(C)CCN(C)C)nc2c1)C(=O)c1cnccc1-3. The van der Waals surface area contributed by atoms with Crippen molar-refractivity contribution >= 4 is 22.5 Å². The van der Waals surface area contributed by atoms with E-state index in [1.54, 1.807) is 19.5 Å². The van der Waals surface area contributed by atoms with Crippen molar-refractivity contribution < 1.29 is 9.53 Å². The fraction of sp³-hybridized carbons (Fsp3) is 0.286. The number of hydrogen-bond acceptors (Lipinski definition) is 6. The number of anilines is 1. The van der Waals surface area contributed by atoms with Crippen molar-refractivity contribution in [2.45, 2.75) is 0 Å². The number of fused-ring (bicyclic) bond motifs is 5. The largest absolute Gasteiger partial charge is 0.497 e. The number of hydrogen-bond donors (Lipinski definition) is 0. The molecule has 0 aliphatic heterocycles. The Kier molecular flexibility index (Phi) is 4.28. The lowest BCUT2D eigenvalue weighted by atomic mass is 10.0. The first kappa shape index (κ1) is 17.4. The van der Waals surface area contributed by atoms with Crippen molar-refractivity contribution in [1.29, 1.82) is 0 Å². The maximum atomic E-state index is 13.2. The van der Waals surface area contributed by atoms with Crippen LogP contribution in [0.25, 0.3) is 22.0 Å². The molecule has 138 valence electrons. The summed E-state index contributed by atoms with van der Waals surface area (Å²) in [5, 5.41) is 0.953. The molecule has 27 heavy (non-hydrogen) atoms. The van der Waals surface area contributed by atoms with E-state index in [1.165, 1.54) is 0 Å². The van der Waals surface area contributed by atoms with Gasteiger partial charge in [-0.15, -0.1) is 0 Å². The number of carbonyl (C=O) groups is 1. The predicted molar refractivity (Wildman–Crippen MR) is 107 cm³/mol. The molecule has 6 nitrogen and oxygen atoms in total. The molecular formula is C21H22N4O2. The first-order chi connectivity index (χ1) is 13.0. The van der Waals surface area contributed by atoms with E-state index in [2.05, 4.69) is 14.8 Å². The number of ketones is 1. The second kappa shape index (κ2) is 6.63. The monoisotopic (exact) mass is 362 g/mol. The van der Waals surface area contributed by atoms with Gasteiger partial charge in [0, 0.05) is 55.1 Å². The van der Waals surface area contributed by atoms with Crippen LogP contribution in [0.3, 0.4) is 0 Å². The number of aromatic nitrogens is 2. The molecule has 0 fully saturated rings. The van der Waals surface area contributed by atoms with Crippen LogP contribution in [-0.2, 0) is 0 Å². The van der Waals surface area contributed by atoms with Crippen molar-refractivity contribution in [3.05, 3.63) is 47.8 Å². The third-order valence-corrected chi connectivity index (χ3v) is 4.98. The molecule has 2 heterocycles. The topological polar surface area (TPSA) is 58.6 Å². The van der Waals surface area contributed by atoms with Crippen molar-refractivity contribution in [2.24, 2.45) is 0 Å². The molecule has 0 atom stereocenters. The Labute approximate surface area is 158 Å². The van der Waals surface area contributed by atoms with E-state index in [-0.39, 0.29) is 5.78 Å². The normalized spacial score (nSPS) is 12.4. The van der Waals surface area contributed by atoms with Gasteiger partial charge in [-0.2, -0.15) is 0 Å². The van der Waals surface area contributed by atoms with Crippen LogP contribution in [0, 0.1) is 0 Å². The molecule has 4 rings (SSSR count). The lowest BCUT2D eigenvalue weighted by molar-refractivity contribution is 0.104. The number of methoxy groups -OCH3 is 1. The number of rotatable bonds is 5. The van der Waals surface area contributed by atoms with Gasteiger partial charge in [0.25, 0.3) is 0 Å². The van der Waals surface area contributed by atoms with Crippen LogP contribution in [0.1, 0.15) is 15.9 Å². The number of benzene rings is 1. The van der Waals surface area contributed by atoms with E-state index in [9.17, 15) is 4.79 Å². The molecule has 0 N–H and O–H groups in total. The summed E-state index contributed by atoms with van der Waals surface area (Å²) in [7, 11) is 7.68. The number of carbonyl (C=O) groups excluding carboxylic acids is 1. The first-order valence-corrected chi connectivity index (χ1v) is 8.88. The summed E-state index contributed by atoms with van der Waals surface area (Å²) in [6.45, 7) is 1.63. The molecule has 1 aromatic carbocycles. The average Bonchev–Trinajstić information content (AvgIpc) is 2.98. The summed E-state index contributed by atoms with van der Waals surface area (Å²) in [6.07, 6.45) is 3.38. The molecule has 0 bridgehead atoms. The van der Waals surface area contributed by atoms with E-state index in [1.807, 2.05) is 45.4 Å². The molecule has 0 spiro atoms. The maximum absolute atomic E-state index is 13.2. The Balaban J connectivity index is 1.98. The lowest BCUT2D eigenvalue weighted by Gasteiger charge is -2.23. The van der Waals surface area contributed by atoms with Crippen molar-refractivity contribution in [1.82, 2.24) is 14.9 Å². The lowest BCUT2D eigenvalue weighted by Crippen LogP contribution is -2.30. The minimum atomic E-state index is -0.00924. The number of likely N-dealkylation sites (N-methyl/N-ethyl adjacent to an activating group) is 2. The summed E-state index contributed by atoms with van der Waals surface area (Å²) in [6, 6.07) is 7.71. The first-order valence-electron chi connectivity index (χ1n) is 8.88. The molecule has 3 aromatic rings. The van der Waals surface area contributed by atoms with Crippen molar-refractivity contribution in [2.75, 3.05) is 46.2 Å². The third-order valence-electron chi connectivity index (χ3n) is 4.98. The Bertz CT molecular complexity index is 1050. The van der Waals surface area contributed by atoms with Crippen LogP contribution in [0.15, 0.2) is 36.7 Å². The zero-order chi connectivity index (χ0) is 19.1. The zero-order valence-corrected chi connectivity index (χ0v) is 16.0. The van der Waals surface area contributed by atoms with Gasteiger partial charge in [-0.25, -0.2) is 4.98 Å². The van der Waals surface area contributed by atoms with Gasteiger partial charge in [-0.05, 0) is 37.9 Å². The molecule has 1 aliphatic rings. The second-order valence-electron chi connectivity index (χ2n) is 7.04. The van der Waals surface area contributed by atoms with E-state index >= 15 is 0 Å². The van der Waals surface area contributed by atoms with Crippen LogP contribution < -0.4 is 9.64 Å². The summed E-state index contributed by atoms with van der Waals surface area (Å²) in [4.78, 5) is 26.3. The molecule has 0 amide bonds. The highest BCUT2D eigenvalue weighted by Crippen LogP contribution is 2.44. The summed E-state index contributed by atoms with van der Waals surface area (Å²) in [5.74, 6) is 1.44. The summed E-state index contributed by atoms with van der Waals surface area (Å²) < 4.78 is 5.37. The summed E-state index contributed by atoms with van der Waals surface area (Å²) in [5.41, 5.74) is 3.98. The van der Waals surface area contributed by atoms with E-state index < -0.39 is 0 Å². The smallest absolute Gasteiger partial charge is 0.199 e. The Morgan fingerprint density at radius 1 is 1.04 bits per heavy atom. The molecule has 0 radical (unpaired) electrons. The number of pyridine rings is 2. The highest BCUT2D eigenvalue weighted by molar-refractivity contribution is 6.27. The van der Waals surface area contributed by atoms with Gasteiger partial charge in [0.1, 0.15) is 11.6 Å². The molecule has 1 aliphatic carbocycles. The van der Waals surface area contributed by atoms with Gasteiger partial charge in [0.2, 0.25) is 0 Å². The quantitative estimate of drug-likeness (QED) is 0.544. The third kappa shape index (κ3) is 2.82. The van der Waals surface area contributed by atoms with E-state index in [0.717, 1.165) is 40.9 Å². The molecule has 0 saturated carbocycles. The zero-order valence-electron chi connectivity index (χ0n) is 16.0. The van der Waals surface area contributed by atoms with E-state index in [0.29, 0.717) is 16.9 Å². The minimum Gasteiger partial charge on any atom is -0.497 e. The van der Waals surface area contributed by atoms with Crippen LogP contribution in [0.4, 0.5) is 5.82 Å². The molecular weight excluding hydrogens is 340 g/mol. The molecule has 2 aromatic heterocycles. The van der Waals surface area contributed by atoms with E-state index in [4.69, 9.17) is 9.72 Å². The highest BCUT2D eigenvalue weighted by Gasteiger charge is 2.33. The molecule has 0 unspecified atom stereocenters. The highest BCUT2D eigenvalue weighted by atomic mass is 16.5. The minimum absolute atomic E-state index is 0.00924. The Hall–Kier alpha value is -2.99. The van der Waals surface area contributed by atoms with Crippen LogP contribution >= 0.6 is 0 Å². The maximum Gasteiger partial charge on any atom is 0.199 e. The Morgan fingerprint density at radius 3 is 2.59 bits per heavy atom. The fourth-order valence-electron chi connectivity index (χ4n) is 3.51. The van der Waals surface area contributed by atoms with Gasteiger partial charge in [-0.1, -0.05) is 0 Å². The fourth-order valence-corrected chi connectivity index (χ4v) is 3.51. The summed E-state index contributed by atoms with van der Waals surface area (Å²) >= 11 is 0. The van der Waals surface area contributed by atoms with Gasteiger partial charge in [0.15, 0.2) is 5.78 Å². The van der Waals surface area contributed by atoms with Crippen LogP contribution in [-0.4, -0.2) is 62.0 Å². The van der Waals surface area contributed by atoms with Gasteiger partial charge < -0.3 is 14.5 Å². The van der Waals surface area contributed by atoms with Gasteiger partial charge in [-0.3, -0.25) is 9.78 Å². The van der Waals surface area contributed by atoms with Crippen molar-refractivity contribution in [3.8, 4) is 16.9 Å². The van der Waals surface area contributed by atoms with Crippen LogP contribution in [0.2, 0.25) is 0 Å². The van der Waals surface area contributed by atoms with Crippen LogP contribution in [0.5, 0.6) is 5.75 Å². The van der Waals surface area contributed by atoms with Gasteiger partial charge in [0.05, 0.1) is 18.2 Å². The molecule has 0 saturated heterocycles. The second-order valence-corrected chi connectivity index (χ2v) is 7.04. The van der Waals surface area contributed by atoms with Crippen molar-refractivity contribution in [3.63, 3.8) is 0 Å². The predicted octanol–water partition coefficient (Wildman–Crippen LogP) is 2.85. The number of ether oxygens (including phenoxy) is 1. The Morgan fingerprint density at radius 2 is 1.85 bits per heavy atom. The molecule has 6 heteroatoms. The average molecular weight is 362 g/mol. The van der Waals surface area contributed by atoms with Gasteiger partial charge >= 0.3 is 0 Å². The standard InChI is InChI=1S/C21H22N4O2/c1-24(2)9-10-25(3)21-19-18(14-7-8-22-12-16(14)20(19)26)15-6-5-13(27-4)11-17(15)23-21/h5-8,11-12H,9-10H2,1-4H3.